The highest BCUT2D eigenvalue weighted by atomic mass is 15.2. The summed E-state index contributed by atoms with van der Waals surface area (Å²) in [6.45, 7) is 11.1. The number of nitrogens with zero attached hydrogens (tertiary/aromatic N) is 3. The molecular weight excluding hydrogens is 210 g/mol. The second-order valence-electron chi connectivity index (χ2n) is 5.31. The molecule has 0 aromatic carbocycles. The van der Waals surface area contributed by atoms with E-state index in [0.29, 0.717) is 0 Å². The van der Waals surface area contributed by atoms with E-state index < -0.39 is 0 Å². The molecule has 0 N–H and O–H groups in total. The molecule has 0 amide bonds. The second-order valence-corrected chi connectivity index (χ2v) is 5.31. The van der Waals surface area contributed by atoms with E-state index in [2.05, 4.69) is 41.7 Å². The van der Waals surface area contributed by atoms with Crippen molar-refractivity contribution in [3.8, 4) is 0 Å². The lowest BCUT2D eigenvalue weighted by Crippen LogP contribution is -2.39. The zero-order chi connectivity index (χ0) is 12.4. The predicted molar refractivity (Wildman–Crippen MR) is 71.3 cm³/mol. The maximum atomic E-state index is 4.58. The minimum atomic E-state index is 0.754. The highest BCUT2D eigenvalue weighted by molar-refractivity contribution is 5.40. The van der Waals surface area contributed by atoms with Crippen LogP contribution < -0.4 is 4.90 Å². The van der Waals surface area contributed by atoms with Gasteiger partial charge in [-0.15, -0.1) is 0 Å². The predicted octanol–water partition coefficient (Wildman–Crippen LogP) is 2.83. The fourth-order valence-electron chi connectivity index (χ4n) is 2.43. The Morgan fingerprint density at radius 3 is 2.71 bits per heavy atom. The minimum Gasteiger partial charge on any atom is -0.356 e. The molecule has 2 heterocycles. The quantitative estimate of drug-likeness (QED) is 0.786. The summed E-state index contributed by atoms with van der Waals surface area (Å²) in [5, 5.41) is 0. The van der Waals surface area contributed by atoms with E-state index in [4.69, 9.17) is 0 Å². The third kappa shape index (κ3) is 2.76. The molecule has 0 radical (unpaired) electrons. The third-order valence-electron chi connectivity index (χ3n) is 3.90. The average Bonchev–Trinajstić information content (AvgIpc) is 2.32. The molecule has 2 atom stereocenters. The van der Waals surface area contributed by atoms with Crippen molar-refractivity contribution < 1.29 is 0 Å². The van der Waals surface area contributed by atoms with E-state index in [9.17, 15) is 0 Å². The Hall–Kier alpha value is -1.12. The molecule has 3 heteroatoms. The molecule has 1 aromatic heterocycles. The maximum Gasteiger partial charge on any atom is 0.132 e. The van der Waals surface area contributed by atoms with Gasteiger partial charge in [-0.3, -0.25) is 0 Å². The van der Waals surface area contributed by atoms with Gasteiger partial charge in [0.15, 0.2) is 0 Å². The van der Waals surface area contributed by atoms with E-state index in [1.165, 1.54) is 6.42 Å². The lowest BCUT2D eigenvalue weighted by molar-refractivity contribution is 0.322. The van der Waals surface area contributed by atoms with Crippen molar-refractivity contribution in [3.05, 3.63) is 17.6 Å². The zero-order valence-electron chi connectivity index (χ0n) is 11.4. The number of rotatable bonds is 2. The first-order valence-corrected chi connectivity index (χ1v) is 6.69. The molecular formula is C14H23N3. The van der Waals surface area contributed by atoms with E-state index >= 15 is 0 Å². The van der Waals surface area contributed by atoms with Crippen LogP contribution in [0.2, 0.25) is 0 Å². The highest BCUT2D eigenvalue weighted by Crippen LogP contribution is 2.26. The molecule has 2 rings (SSSR count). The van der Waals surface area contributed by atoms with Crippen molar-refractivity contribution in [2.45, 2.75) is 40.5 Å². The summed E-state index contributed by atoms with van der Waals surface area (Å²) in [6, 6.07) is 2.15. The first kappa shape index (κ1) is 12.3. The van der Waals surface area contributed by atoms with Crippen LogP contribution in [0.5, 0.6) is 0 Å². The van der Waals surface area contributed by atoms with Gasteiger partial charge < -0.3 is 4.90 Å². The number of hydrogen-bond donors (Lipinski definition) is 0. The van der Waals surface area contributed by atoms with E-state index in [0.717, 1.165) is 48.7 Å². The molecule has 0 aliphatic carbocycles. The van der Waals surface area contributed by atoms with Crippen LogP contribution in [0, 0.1) is 18.8 Å². The van der Waals surface area contributed by atoms with Crippen molar-refractivity contribution in [2.24, 2.45) is 11.8 Å². The van der Waals surface area contributed by atoms with Crippen LogP contribution in [0.25, 0.3) is 0 Å². The standard InChI is InChI=1S/C14H23N3/c1-5-13-8-14(16-12(4)15-13)17-7-6-10(2)11(3)9-17/h8,10-11H,5-7,9H2,1-4H3. The van der Waals surface area contributed by atoms with Crippen LogP contribution in [0.15, 0.2) is 6.07 Å². The molecule has 1 aromatic rings. The van der Waals surface area contributed by atoms with Crippen molar-refractivity contribution in [2.75, 3.05) is 18.0 Å². The van der Waals surface area contributed by atoms with Gasteiger partial charge >= 0.3 is 0 Å². The fraction of sp³-hybridized carbons (Fsp3) is 0.714. The first-order chi connectivity index (χ1) is 8.10. The largest absolute Gasteiger partial charge is 0.356 e. The SMILES string of the molecule is CCc1cc(N2CCC(C)C(C)C2)nc(C)n1. The Morgan fingerprint density at radius 1 is 1.29 bits per heavy atom. The Bertz CT molecular complexity index is 389. The lowest BCUT2D eigenvalue weighted by Gasteiger charge is -2.36. The lowest BCUT2D eigenvalue weighted by atomic mass is 9.89. The maximum absolute atomic E-state index is 4.58. The Morgan fingerprint density at radius 2 is 2.06 bits per heavy atom. The Kier molecular flexibility index (Phi) is 3.65. The molecule has 1 aliphatic rings. The number of aromatic nitrogens is 2. The van der Waals surface area contributed by atoms with Gasteiger partial charge in [-0.2, -0.15) is 0 Å². The van der Waals surface area contributed by atoms with Crippen LogP contribution in [-0.4, -0.2) is 23.1 Å². The summed E-state index contributed by atoms with van der Waals surface area (Å²) in [7, 11) is 0. The molecule has 0 bridgehead atoms. The van der Waals surface area contributed by atoms with Gasteiger partial charge in [0.2, 0.25) is 0 Å². The molecule has 2 unspecified atom stereocenters. The topological polar surface area (TPSA) is 29.0 Å². The van der Waals surface area contributed by atoms with E-state index in [1.54, 1.807) is 0 Å². The van der Waals surface area contributed by atoms with Gasteiger partial charge in [-0.25, -0.2) is 9.97 Å². The summed E-state index contributed by atoms with van der Waals surface area (Å²) in [4.78, 5) is 11.4. The molecule has 17 heavy (non-hydrogen) atoms. The summed E-state index contributed by atoms with van der Waals surface area (Å²) in [6.07, 6.45) is 2.25. The smallest absolute Gasteiger partial charge is 0.132 e. The average molecular weight is 233 g/mol. The molecule has 0 spiro atoms. The van der Waals surface area contributed by atoms with Gasteiger partial charge in [0.05, 0.1) is 0 Å². The fourth-order valence-corrected chi connectivity index (χ4v) is 2.43. The van der Waals surface area contributed by atoms with Crippen molar-refractivity contribution in [1.29, 1.82) is 0 Å². The van der Waals surface area contributed by atoms with Gasteiger partial charge in [-0.05, 0) is 31.6 Å². The summed E-state index contributed by atoms with van der Waals surface area (Å²) < 4.78 is 0. The number of aryl methyl sites for hydroxylation is 2. The number of hydrogen-bond acceptors (Lipinski definition) is 3. The molecule has 3 nitrogen and oxygen atoms in total. The Balaban J connectivity index is 2.19. The second kappa shape index (κ2) is 5.03. The van der Waals surface area contributed by atoms with E-state index in [1.807, 2.05) is 6.92 Å². The summed E-state index contributed by atoms with van der Waals surface area (Å²) in [5.41, 5.74) is 1.15. The van der Waals surface area contributed by atoms with E-state index in [-0.39, 0.29) is 0 Å². The molecule has 1 fully saturated rings. The summed E-state index contributed by atoms with van der Waals surface area (Å²) in [5.74, 6) is 3.60. The number of anilines is 1. The van der Waals surface area contributed by atoms with Gasteiger partial charge in [0, 0.05) is 24.8 Å². The van der Waals surface area contributed by atoms with Crippen LogP contribution in [0.3, 0.4) is 0 Å². The molecule has 1 aliphatic heterocycles. The van der Waals surface area contributed by atoms with Crippen LogP contribution in [-0.2, 0) is 6.42 Å². The normalized spacial score (nSPS) is 25.1. The van der Waals surface area contributed by atoms with Crippen LogP contribution >= 0.6 is 0 Å². The van der Waals surface area contributed by atoms with Crippen LogP contribution in [0.1, 0.15) is 38.7 Å². The van der Waals surface area contributed by atoms with Crippen LogP contribution in [0.4, 0.5) is 5.82 Å². The molecule has 0 saturated carbocycles. The first-order valence-electron chi connectivity index (χ1n) is 6.69. The third-order valence-corrected chi connectivity index (χ3v) is 3.90. The van der Waals surface area contributed by atoms with Gasteiger partial charge in [-0.1, -0.05) is 20.8 Å². The molecule has 94 valence electrons. The van der Waals surface area contributed by atoms with Crippen molar-refractivity contribution in [1.82, 2.24) is 9.97 Å². The zero-order valence-corrected chi connectivity index (χ0v) is 11.4. The molecule has 1 saturated heterocycles. The van der Waals surface area contributed by atoms with Gasteiger partial charge in [0.1, 0.15) is 11.6 Å². The minimum absolute atomic E-state index is 0.754. The monoisotopic (exact) mass is 233 g/mol. The van der Waals surface area contributed by atoms with Crippen molar-refractivity contribution in [3.63, 3.8) is 0 Å². The number of piperidine rings is 1. The summed E-state index contributed by atoms with van der Waals surface area (Å²) >= 11 is 0. The van der Waals surface area contributed by atoms with Crippen molar-refractivity contribution >= 4 is 5.82 Å². The highest BCUT2D eigenvalue weighted by Gasteiger charge is 2.23. The Labute approximate surface area is 104 Å². The van der Waals surface area contributed by atoms with Gasteiger partial charge in [0.25, 0.3) is 0 Å².